The monoisotopic (exact) mass is 346 g/mol. The summed E-state index contributed by atoms with van der Waals surface area (Å²) in [5, 5.41) is 0. The Labute approximate surface area is 118 Å². The molecule has 0 unspecified atom stereocenters. The molecule has 0 aliphatic rings. The Morgan fingerprint density at radius 1 is 0.533 bits per heavy atom. The van der Waals surface area contributed by atoms with Crippen molar-refractivity contribution >= 4 is 34.0 Å². The summed E-state index contributed by atoms with van der Waals surface area (Å²) in [4.78, 5) is 0. The third-order valence-corrected chi connectivity index (χ3v) is 2.79. The zero-order valence-corrected chi connectivity index (χ0v) is 14.3. The van der Waals surface area contributed by atoms with Gasteiger partial charge in [-0.3, -0.25) is 0 Å². The Kier molecular flexibility index (Phi) is 18.4. The van der Waals surface area contributed by atoms with E-state index in [1.54, 1.807) is 0 Å². The van der Waals surface area contributed by atoms with E-state index in [0.717, 1.165) is 0 Å². The van der Waals surface area contributed by atoms with Gasteiger partial charge >= 0.3 is 0 Å². The molecule has 1 nitrogen and oxygen atoms in total. The van der Waals surface area contributed by atoms with E-state index in [9.17, 15) is 0 Å². The van der Waals surface area contributed by atoms with Crippen molar-refractivity contribution in [2.24, 2.45) is 0 Å². The smallest absolute Gasteiger partial charge is 0.0783 e. The van der Waals surface area contributed by atoms with Gasteiger partial charge in [0.25, 0.3) is 0 Å². The molecule has 0 bridgehead atoms. The summed E-state index contributed by atoms with van der Waals surface area (Å²) >= 11 is 0. The van der Waals surface area contributed by atoms with E-state index in [-0.39, 0.29) is 34.0 Å². The minimum atomic E-state index is 0. The van der Waals surface area contributed by atoms with E-state index in [1.807, 2.05) is 0 Å². The highest BCUT2D eigenvalue weighted by atomic mass is 79.9. The van der Waals surface area contributed by atoms with Crippen LogP contribution in [0.5, 0.6) is 0 Å². The number of hydrogen-bond donors (Lipinski definition) is 0. The van der Waals surface area contributed by atoms with Gasteiger partial charge in [0.15, 0.2) is 0 Å². The number of nitrogens with zero attached hydrogens (tertiary/aromatic N) is 1. The first-order valence-corrected chi connectivity index (χ1v) is 6.09. The van der Waals surface area contributed by atoms with Crippen LogP contribution in [0.15, 0.2) is 0 Å². The molecule has 0 heterocycles. The highest BCUT2D eigenvalue weighted by Crippen LogP contribution is 2.12. The molecule has 0 radical (unpaired) electrons. The van der Waals surface area contributed by atoms with Crippen LogP contribution in [0, 0.1) is 0 Å². The average molecular weight is 348 g/mol. The third kappa shape index (κ3) is 8.70. The Bertz CT molecular complexity index is 88.7. The number of hydrogen-bond acceptors (Lipinski definition) is 0. The molecule has 15 heavy (non-hydrogen) atoms. The molecule has 0 saturated carbocycles. The first-order chi connectivity index (χ1) is 6.24. The highest BCUT2D eigenvalue weighted by molar-refractivity contribution is 8.93. The lowest BCUT2D eigenvalue weighted by Gasteiger charge is -2.38. The predicted octanol–water partition coefficient (Wildman–Crippen LogP) is 4.60. The summed E-state index contributed by atoms with van der Waals surface area (Å²) in [5.74, 6) is 0. The van der Waals surface area contributed by atoms with E-state index < -0.39 is 0 Å². The van der Waals surface area contributed by atoms with Crippen LogP contribution in [0.4, 0.5) is 0 Å². The van der Waals surface area contributed by atoms with E-state index in [1.165, 1.54) is 56.3 Å². The molecule has 0 aliphatic heterocycles. The fourth-order valence-electron chi connectivity index (χ4n) is 2.57. The Hall–Kier alpha value is 0.920. The van der Waals surface area contributed by atoms with Gasteiger partial charge in [-0.15, -0.1) is 34.0 Å². The minimum Gasteiger partial charge on any atom is -0.324 e. The van der Waals surface area contributed by atoms with Crippen molar-refractivity contribution in [1.82, 2.24) is 0 Å². The van der Waals surface area contributed by atoms with Crippen molar-refractivity contribution in [3.63, 3.8) is 0 Å². The lowest BCUT2D eigenvalue weighted by Crippen LogP contribution is -2.50. The number of rotatable bonds is 8. The first kappa shape index (κ1) is 21.2. The van der Waals surface area contributed by atoms with Crippen LogP contribution in [-0.2, 0) is 0 Å². The summed E-state index contributed by atoms with van der Waals surface area (Å²) < 4.78 is 1.38. The summed E-state index contributed by atoms with van der Waals surface area (Å²) in [7, 11) is 0. The summed E-state index contributed by atoms with van der Waals surface area (Å²) in [5.41, 5.74) is 0. The molecule has 0 aliphatic carbocycles. The molecule has 0 spiro atoms. The van der Waals surface area contributed by atoms with E-state index in [2.05, 4.69) is 27.7 Å². The molecule has 0 aromatic heterocycles. The summed E-state index contributed by atoms with van der Waals surface area (Å²) in [6.45, 7) is 14.8. The molecule has 0 amide bonds. The average Bonchev–Trinajstić information content (AvgIpc) is 2.06. The van der Waals surface area contributed by atoms with E-state index >= 15 is 0 Å². The maximum atomic E-state index is 2.31. The zero-order chi connectivity index (χ0) is 10.2. The van der Waals surface area contributed by atoms with Gasteiger partial charge in [-0.25, -0.2) is 0 Å². The Balaban J connectivity index is -0.000000720. The molecule has 0 rings (SSSR count). The van der Waals surface area contributed by atoms with Gasteiger partial charge in [-0.1, -0.05) is 27.7 Å². The van der Waals surface area contributed by atoms with Gasteiger partial charge in [-0.05, 0) is 25.7 Å². The lowest BCUT2D eigenvalue weighted by molar-refractivity contribution is -0.928. The Morgan fingerprint density at radius 2 is 0.733 bits per heavy atom. The fourth-order valence-corrected chi connectivity index (χ4v) is 2.57. The van der Waals surface area contributed by atoms with Gasteiger partial charge in [0.2, 0.25) is 0 Å². The second-order valence-corrected chi connectivity index (χ2v) is 4.24. The lowest BCUT2D eigenvalue weighted by atomic mass is 10.2. The molecule has 0 aromatic carbocycles. The van der Waals surface area contributed by atoms with Gasteiger partial charge in [0.1, 0.15) is 0 Å². The molecule has 3 heteroatoms. The van der Waals surface area contributed by atoms with Crippen LogP contribution < -0.4 is 0 Å². The van der Waals surface area contributed by atoms with Crippen LogP contribution in [0.3, 0.4) is 0 Å². The number of halogens is 2. The SMILES string of the molecule is Br.Br.CCC[N+](CCC)(CCC)CCC. The van der Waals surface area contributed by atoms with Crippen molar-refractivity contribution in [1.29, 1.82) is 0 Å². The number of quaternary nitrogens is 1. The van der Waals surface area contributed by atoms with Crippen LogP contribution >= 0.6 is 34.0 Å². The van der Waals surface area contributed by atoms with Crippen LogP contribution in [-0.4, -0.2) is 30.7 Å². The molecule has 96 valence electrons. The van der Waals surface area contributed by atoms with Crippen LogP contribution in [0.1, 0.15) is 53.4 Å². The van der Waals surface area contributed by atoms with Crippen LogP contribution in [0.25, 0.3) is 0 Å². The normalized spacial score (nSPS) is 10.4. The molecule has 0 aromatic rings. The van der Waals surface area contributed by atoms with Crippen molar-refractivity contribution < 1.29 is 4.48 Å². The van der Waals surface area contributed by atoms with Gasteiger partial charge in [-0.2, -0.15) is 0 Å². The van der Waals surface area contributed by atoms with Crippen molar-refractivity contribution in [2.75, 3.05) is 26.2 Å². The molecular weight excluding hydrogens is 318 g/mol. The van der Waals surface area contributed by atoms with Gasteiger partial charge in [0.05, 0.1) is 26.2 Å². The first-order valence-electron chi connectivity index (χ1n) is 6.09. The van der Waals surface area contributed by atoms with Crippen molar-refractivity contribution in [3.05, 3.63) is 0 Å². The maximum absolute atomic E-state index is 2.31. The highest BCUT2D eigenvalue weighted by Gasteiger charge is 2.22. The zero-order valence-electron chi connectivity index (χ0n) is 10.9. The molecule has 0 atom stereocenters. The molecule has 0 N–H and O–H groups in total. The minimum absolute atomic E-state index is 0. The molecular formula is C12H30Br2N+. The summed E-state index contributed by atoms with van der Waals surface area (Å²) in [6, 6.07) is 0. The van der Waals surface area contributed by atoms with Crippen molar-refractivity contribution in [2.45, 2.75) is 53.4 Å². The predicted molar refractivity (Wildman–Crippen MR) is 81.5 cm³/mol. The van der Waals surface area contributed by atoms with Gasteiger partial charge in [0, 0.05) is 0 Å². The van der Waals surface area contributed by atoms with Crippen molar-refractivity contribution in [3.8, 4) is 0 Å². The third-order valence-electron chi connectivity index (χ3n) is 2.79. The van der Waals surface area contributed by atoms with E-state index in [4.69, 9.17) is 0 Å². The maximum Gasteiger partial charge on any atom is 0.0783 e. The summed E-state index contributed by atoms with van der Waals surface area (Å²) in [6.07, 6.45) is 5.33. The van der Waals surface area contributed by atoms with E-state index in [0.29, 0.717) is 0 Å². The second kappa shape index (κ2) is 13.0. The van der Waals surface area contributed by atoms with Crippen LogP contribution in [0.2, 0.25) is 0 Å². The second-order valence-electron chi connectivity index (χ2n) is 4.24. The van der Waals surface area contributed by atoms with Gasteiger partial charge < -0.3 is 4.48 Å². The molecule has 0 saturated heterocycles. The standard InChI is InChI=1S/C12H28N.2BrH/c1-5-9-13(10-6-2,11-7-3)12-8-4;;/h5-12H2,1-4H3;2*1H/q+1;;. The quantitative estimate of drug-likeness (QED) is 0.563. The fraction of sp³-hybridized carbons (Fsp3) is 1.00. The molecule has 0 fully saturated rings. The Morgan fingerprint density at radius 3 is 0.867 bits per heavy atom. The largest absolute Gasteiger partial charge is 0.324 e. The topological polar surface area (TPSA) is 0 Å².